The Balaban J connectivity index is 0.901. The zero-order chi connectivity index (χ0) is 46.1. The number of furan rings is 1. The van der Waals surface area contributed by atoms with Crippen molar-refractivity contribution in [2.75, 3.05) is 0 Å². The lowest BCUT2D eigenvalue weighted by Crippen LogP contribution is -1.98. The highest BCUT2D eigenvalue weighted by Gasteiger charge is 2.22. The van der Waals surface area contributed by atoms with E-state index < -0.39 is 0 Å². The summed E-state index contributed by atoms with van der Waals surface area (Å²) in [7, 11) is 0. The molecule has 4 aromatic heterocycles. The SMILES string of the molecule is c1ccc(-c2cc(-c3cccc(-n4c5ccccc5c5ccccc54)c3)nc(-c3cccc(-c4ccc(-c5c6c(cc7c(-c8ccccc8)nc8ccccc8c57)oc5ccccc56)cc4)c3)n2)cc1. The van der Waals surface area contributed by atoms with E-state index in [4.69, 9.17) is 19.4 Å². The Bertz CT molecular complexity index is 4290. The molecule has 0 unspecified atom stereocenters. The van der Waals surface area contributed by atoms with Crippen LogP contribution in [0.4, 0.5) is 0 Å². The Labute approximate surface area is 403 Å². The van der Waals surface area contributed by atoms with Crippen molar-refractivity contribution in [2.24, 2.45) is 0 Å². The molecule has 0 bridgehead atoms. The van der Waals surface area contributed by atoms with Crippen LogP contribution in [0.5, 0.6) is 0 Å². The van der Waals surface area contributed by atoms with Gasteiger partial charge in [0.25, 0.3) is 0 Å². The Hall–Kier alpha value is -9.45. The number of fused-ring (bicyclic) bond motifs is 9. The summed E-state index contributed by atoms with van der Waals surface area (Å²) in [6.07, 6.45) is 0. The second kappa shape index (κ2) is 16.1. The Morgan fingerprint density at radius 1 is 0.314 bits per heavy atom. The molecule has 14 aromatic rings. The minimum Gasteiger partial charge on any atom is -0.456 e. The highest BCUT2D eigenvalue weighted by Crippen LogP contribution is 2.47. The third kappa shape index (κ3) is 6.51. The first-order chi connectivity index (χ1) is 34.7. The summed E-state index contributed by atoms with van der Waals surface area (Å²) in [4.78, 5) is 15.9. The molecular weight excluding hydrogens is 853 g/mol. The lowest BCUT2D eigenvalue weighted by Gasteiger charge is -2.16. The summed E-state index contributed by atoms with van der Waals surface area (Å²) in [6.45, 7) is 0. The van der Waals surface area contributed by atoms with Gasteiger partial charge in [-0.05, 0) is 71.3 Å². The van der Waals surface area contributed by atoms with E-state index in [-0.39, 0.29) is 0 Å². The molecule has 4 heterocycles. The molecule has 0 aliphatic rings. The molecule has 14 rings (SSSR count). The smallest absolute Gasteiger partial charge is 0.160 e. The maximum atomic E-state index is 6.66. The van der Waals surface area contributed by atoms with E-state index in [1.165, 1.54) is 21.8 Å². The van der Waals surface area contributed by atoms with Crippen LogP contribution in [0.25, 0.3) is 139 Å². The predicted octanol–water partition coefficient (Wildman–Crippen LogP) is 17.2. The minimum absolute atomic E-state index is 0.664. The molecule has 0 atom stereocenters. The zero-order valence-electron chi connectivity index (χ0n) is 37.8. The number of pyridine rings is 1. The topological polar surface area (TPSA) is 56.7 Å². The molecule has 5 nitrogen and oxygen atoms in total. The summed E-state index contributed by atoms with van der Waals surface area (Å²) in [5.41, 5.74) is 17.2. The zero-order valence-corrected chi connectivity index (χ0v) is 37.8. The molecule has 0 saturated carbocycles. The van der Waals surface area contributed by atoms with Gasteiger partial charge in [0.05, 0.1) is 33.6 Å². The maximum Gasteiger partial charge on any atom is 0.160 e. The van der Waals surface area contributed by atoms with E-state index in [1.54, 1.807) is 0 Å². The van der Waals surface area contributed by atoms with E-state index in [0.717, 1.165) is 111 Å². The Kier molecular flexibility index (Phi) is 9.14. The molecule has 0 radical (unpaired) electrons. The van der Waals surface area contributed by atoms with E-state index in [1.807, 2.05) is 18.2 Å². The van der Waals surface area contributed by atoms with E-state index in [9.17, 15) is 0 Å². The number of para-hydroxylation sites is 4. The molecule has 10 aromatic carbocycles. The number of nitrogens with zero attached hydrogens (tertiary/aromatic N) is 4. The van der Waals surface area contributed by atoms with Crippen molar-refractivity contribution in [3.8, 4) is 73.1 Å². The third-order valence-corrected chi connectivity index (χ3v) is 13.8. The highest BCUT2D eigenvalue weighted by atomic mass is 16.3. The van der Waals surface area contributed by atoms with Crippen LogP contribution in [0.3, 0.4) is 0 Å². The standard InChI is InChI=1S/C65H40N4O/c1-3-17-42(18-4-1)55-40-56(46-22-16-24-48(38-46)69-57-30-12-8-25-49(57)50-26-9-13-31-58(50)69)68-65(67-55)47-23-15-21-45(37-47)41-33-35-43(36-34-41)61-62-51-27-7-11-29-54(51)66-64(44-19-5-2-6-20-44)53(62)39-60-63(61)52-28-10-14-32-59(52)70-60/h1-40H. The average molecular weight is 893 g/mol. The van der Waals surface area contributed by atoms with Crippen LogP contribution >= 0.6 is 0 Å². The average Bonchev–Trinajstić information content (AvgIpc) is 3.98. The quantitative estimate of drug-likeness (QED) is 0.150. The van der Waals surface area contributed by atoms with Crippen molar-refractivity contribution >= 4 is 65.4 Å². The van der Waals surface area contributed by atoms with Gasteiger partial charge in [-0.25, -0.2) is 15.0 Å². The first kappa shape index (κ1) is 39.7. The molecule has 0 amide bonds. The number of benzene rings is 10. The van der Waals surface area contributed by atoms with Crippen LogP contribution < -0.4 is 0 Å². The number of hydrogen-bond donors (Lipinski definition) is 0. The monoisotopic (exact) mass is 892 g/mol. The van der Waals surface area contributed by atoms with Gasteiger partial charge in [-0.3, -0.25) is 0 Å². The van der Waals surface area contributed by atoms with Crippen LogP contribution in [0.1, 0.15) is 0 Å². The van der Waals surface area contributed by atoms with Crippen LogP contribution in [0.2, 0.25) is 0 Å². The first-order valence-corrected chi connectivity index (χ1v) is 23.7. The van der Waals surface area contributed by atoms with Crippen LogP contribution in [0.15, 0.2) is 247 Å². The van der Waals surface area contributed by atoms with Gasteiger partial charge in [0.2, 0.25) is 0 Å². The van der Waals surface area contributed by atoms with Crippen molar-refractivity contribution < 1.29 is 4.42 Å². The highest BCUT2D eigenvalue weighted by molar-refractivity contribution is 6.27. The molecule has 70 heavy (non-hydrogen) atoms. The molecular formula is C65H40N4O. The van der Waals surface area contributed by atoms with Crippen LogP contribution in [-0.4, -0.2) is 19.5 Å². The van der Waals surface area contributed by atoms with Gasteiger partial charge in [0.1, 0.15) is 11.2 Å². The van der Waals surface area contributed by atoms with Crippen LogP contribution in [0, 0.1) is 0 Å². The molecule has 0 saturated heterocycles. The number of hydrogen-bond acceptors (Lipinski definition) is 4. The molecule has 0 fully saturated rings. The van der Waals surface area contributed by atoms with Gasteiger partial charge in [-0.15, -0.1) is 0 Å². The van der Waals surface area contributed by atoms with Crippen molar-refractivity contribution in [3.05, 3.63) is 243 Å². The third-order valence-electron chi connectivity index (χ3n) is 13.8. The lowest BCUT2D eigenvalue weighted by molar-refractivity contribution is 0.669. The van der Waals surface area contributed by atoms with Crippen molar-refractivity contribution in [2.45, 2.75) is 0 Å². The largest absolute Gasteiger partial charge is 0.456 e. The lowest BCUT2D eigenvalue weighted by atomic mass is 9.89. The van der Waals surface area contributed by atoms with E-state index in [2.05, 4.69) is 229 Å². The molecule has 0 N–H and O–H groups in total. The second-order valence-corrected chi connectivity index (χ2v) is 17.9. The van der Waals surface area contributed by atoms with Crippen molar-refractivity contribution in [3.63, 3.8) is 0 Å². The molecule has 0 aliphatic heterocycles. The van der Waals surface area contributed by atoms with Crippen LogP contribution in [-0.2, 0) is 0 Å². The summed E-state index contributed by atoms with van der Waals surface area (Å²) < 4.78 is 9.01. The minimum atomic E-state index is 0.664. The summed E-state index contributed by atoms with van der Waals surface area (Å²) in [6, 6.07) is 85.5. The molecule has 5 heteroatoms. The molecule has 0 aliphatic carbocycles. The van der Waals surface area contributed by atoms with Gasteiger partial charge >= 0.3 is 0 Å². The number of aromatic nitrogens is 4. The van der Waals surface area contributed by atoms with Crippen molar-refractivity contribution in [1.29, 1.82) is 0 Å². The Morgan fingerprint density at radius 2 is 0.886 bits per heavy atom. The van der Waals surface area contributed by atoms with E-state index >= 15 is 0 Å². The van der Waals surface area contributed by atoms with Gasteiger partial charge in [0, 0.05) is 71.2 Å². The summed E-state index contributed by atoms with van der Waals surface area (Å²) in [5, 5.41) is 7.96. The normalized spacial score (nSPS) is 11.7. The van der Waals surface area contributed by atoms with Gasteiger partial charge < -0.3 is 8.98 Å². The van der Waals surface area contributed by atoms with Gasteiger partial charge in [-0.2, -0.15) is 0 Å². The second-order valence-electron chi connectivity index (χ2n) is 17.9. The maximum absolute atomic E-state index is 6.66. The fourth-order valence-electron chi connectivity index (χ4n) is 10.6. The van der Waals surface area contributed by atoms with Gasteiger partial charge in [0.15, 0.2) is 5.82 Å². The fraction of sp³-hybridized carbons (Fsp3) is 0. The van der Waals surface area contributed by atoms with Crippen molar-refractivity contribution in [1.82, 2.24) is 19.5 Å². The number of rotatable bonds is 7. The molecule has 0 spiro atoms. The first-order valence-electron chi connectivity index (χ1n) is 23.7. The molecule has 326 valence electrons. The summed E-state index contributed by atoms with van der Waals surface area (Å²) in [5.74, 6) is 0.664. The summed E-state index contributed by atoms with van der Waals surface area (Å²) >= 11 is 0. The van der Waals surface area contributed by atoms with Gasteiger partial charge in [-0.1, -0.05) is 188 Å². The predicted molar refractivity (Wildman–Crippen MR) is 289 cm³/mol. The fourth-order valence-corrected chi connectivity index (χ4v) is 10.6. The Morgan fingerprint density at radius 3 is 1.64 bits per heavy atom. The van der Waals surface area contributed by atoms with E-state index in [0.29, 0.717) is 5.82 Å².